The monoisotopic (exact) mass is 138 g/mol. The predicted octanol–water partition coefficient (Wildman–Crippen LogP) is 1.69. The Bertz CT molecular complexity index is 70.2. The molecule has 0 nitrogen and oxygen atoms in total. The van der Waals surface area contributed by atoms with Crippen LogP contribution < -0.4 is 0 Å². The summed E-state index contributed by atoms with van der Waals surface area (Å²) in [6, 6.07) is 0. The predicted molar refractivity (Wildman–Crippen MR) is 26.2 cm³/mol. The van der Waals surface area contributed by atoms with Gasteiger partial charge >= 0.3 is 0 Å². The van der Waals surface area contributed by atoms with Crippen LogP contribution in [0.3, 0.4) is 0 Å². The van der Waals surface area contributed by atoms with Crippen LogP contribution in [0.5, 0.6) is 0 Å². The largest absolute Gasteiger partial charge is 0.275 e. The summed E-state index contributed by atoms with van der Waals surface area (Å²) < 4.78 is 0. The molecule has 41 valence electrons. The van der Waals surface area contributed by atoms with Crippen LogP contribution in [0, 0.1) is 6.08 Å². The maximum atomic E-state index is 3.07. The molecule has 0 saturated heterocycles. The number of hydrogen-bond acceptors (Lipinski definition) is 0. The molecule has 0 spiro atoms. The molecule has 1 rings (SSSR count). The van der Waals surface area contributed by atoms with Gasteiger partial charge in [-0.25, -0.2) is 12.2 Å². The van der Waals surface area contributed by atoms with Gasteiger partial charge in [-0.05, 0) is 0 Å². The molecule has 1 radical (unpaired) electrons. The van der Waals surface area contributed by atoms with Gasteiger partial charge in [0.2, 0.25) is 0 Å². The zero-order valence-electron chi connectivity index (χ0n) is 3.98. The summed E-state index contributed by atoms with van der Waals surface area (Å²) in [5.41, 5.74) is 0. The van der Waals surface area contributed by atoms with Crippen LogP contribution in [0.25, 0.3) is 0 Å². The Kier molecular flexibility index (Phi) is 4.15. The zero-order chi connectivity index (χ0) is 4.24. The Morgan fingerprint density at radius 1 is 1.43 bits per heavy atom. The van der Waals surface area contributed by atoms with E-state index in [1.807, 2.05) is 12.2 Å². The Hall–Kier alpha value is -0.0135. The molecule has 0 saturated carbocycles. The molecule has 0 amide bonds. The van der Waals surface area contributed by atoms with E-state index in [4.69, 9.17) is 0 Å². The van der Waals surface area contributed by atoms with Crippen molar-refractivity contribution < 1.29 is 16.8 Å². The van der Waals surface area contributed by atoms with Crippen molar-refractivity contribution in [2.75, 3.05) is 0 Å². The summed E-state index contributed by atoms with van der Waals surface area (Å²) in [7, 11) is 0. The first-order chi connectivity index (χ1) is 3.00. The van der Waals surface area contributed by atoms with Gasteiger partial charge in [0, 0.05) is 16.8 Å². The molecule has 0 aliphatic heterocycles. The van der Waals surface area contributed by atoms with Crippen LogP contribution in [-0.2, 0) is 16.8 Å². The van der Waals surface area contributed by atoms with Crippen molar-refractivity contribution in [2.24, 2.45) is 0 Å². The third-order valence-electron chi connectivity index (χ3n) is 0.806. The molecule has 0 unspecified atom stereocenters. The van der Waals surface area contributed by atoms with Gasteiger partial charge in [-0.1, -0.05) is 6.42 Å². The summed E-state index contributed by atoms with van der Waals surface area (Å²) in [6.07, 6.45) is 11.5. The van der Waals surface area contributed by atoms with Crippen LogP contribution in [0.2, 0.25) is 0 Å². The molecule has 1 heteroatoms. The van der Waals surface area contributed by atoms with Crippen LogP contribution in [-0.4, -0.2) is 0 Å². The molecule has 0 heterocycles. The van der Waals surface area contributed by atoms with E-state index in [2.05, 4.69) is 12.2 Å². The Morgan fingerprint density at radius 2 is 2.29 bits per heavy atom. The van der Waals surface area contributed by atoms with Gasteiger partial charge in [0.25, 0.3) is 0 Å². The smallest absolute Gasteiger partial charge is 0 e. The van der Waals surface area contributed by atoms with Gasteiger partial charge in [0.1, 0.15) is 0 Å². The van der Waals surface area contributed by atoms with Gasteiger partial charge in [-0.3, -0.25) is 6.08 Å². The fourth-order valence-electron chi connectivity index (χ4n) is 0.482. The van der Waals surface area contributed by atoms with E-state index in [0.29, 0.717) is 0 Å². The first-order valence-corrected chi connectivity index (χ1v) is 2.22. The maximum absolute atomic E-state index is 3.07. The van der Waals surface area contributed by atoms with E-state index >= 15 is 0 Å². The van der Waals surface area contributed by atoms with E-state index in [1.54, 1.807) is 0 Å². The average Bonchev–Trinajstić information content (AvgIpc) is 1.72. The number of rotatable bonds is 0. The summed E-state index contributed by atoms with van der Waals surface area (Å²) in [4.78, 5) is 0. The second kappa shape index (κ2) is 4.15. The summed E-state index contributed by atoms with van der Waals surface area (Å²) in [5, 5.41) is 0. The minimum absolute atomic E-state index is 0. The molecule has 1 aliphatic rings. The molecular weight excluding hydrogens is 131 g/mol. The van der Waals surface area contributed by atoms with E-state index in [0.717, 1.165) is 6.42 Å². The topological polar surface area (TPSA) is 0 Å². The summed E-state index contributed by atoms with van der Waals surface area (Å²) in [5.74, 6) is 0. The van der Waals surface area contributed by atoms with Crippen molar-refractivity contribution in [1.82, 2.24) is 0 Å². The molecule has 0 aromatic rings. The normalized spacial score (nSPS) is 16.0. The van der Waals surface area contributed by atoms with Crippen molar-refractivity contribution in [2.45, 2.75) is 12.8 Å². The zero-order valence-corrected chi connectivity index (χ0v) is 5.02. The SMILES string of the molecule is [C-]1=CC=CCC1.[Co]. The van der Waals surface area contributed by atoms with E-state index in [9.17, 15) is 0 Å². The van der Waals surface area contributed by atoms with Gasteiger partial charge in [0.15, 0.2) is 0 Å². The first kappa shape index (κ1) is 6.99. The van der Waals surface area contributed by atoms with E-state index in [-0.39, 0.29) is 16.8 Å². The quantitative estimate of drug-likeness (QED) is 0.447. The summed E-state index contributed by atoms with van der Waals surface area (Å²) in [6.45, 7) is 0. The molecular formula is C6H7Co-. The van der Waals surface area contributed by atoms with Gasteiger partial charge in [-0.15, -0.1) is 6.42 Å². The molecule has 0 N–H and O–H groups in total. The van der Waals surface area contributed by atoms with Crippen LogP contribution in [0.15, 0.2) is 18.2 Å². The van der Waals surface area contributed by atoms with Crippen molar-refractivity contribution in [3.05, 3.63) is 24.3 Å². The van der Waals surface area contributed by atoms with Crippen LogP contribution >= 0.6 is 0 Å². The average molecular weight is 138 g/mol. The minimum atomic E-state index is 0. The van der Waals surface area contributed by atoms with Gasteiger partial charge in [-0.2, -0.15) is 6.08 Å². The standard InChI is InChI=1S/C6H7.Co/c1-2-4-6-5-3-1;/h1-3H,4,6H2;/q-1;. The number of hydrogen-bond donors (Lipinski definition) is 0. The molecule has 7 heavy (non-hydrogen) atoms. The van der Waals surface area contributed by atoms with Crippen molar-refractivity contribution >= 4 is 0 Å². The number of allylic oxidation sites excluding steroid dienone is 4. The van der Waals surface area contributed by atoms with Crippen LogP contribution in [0.4, 0.5) is 0 Å². The Balaban J connectivity index is 0.000000360. The van der Waals surface area contributed by atoms with Crippen molar-refractivity contribution in [3.63, 3.8) is 0 Å². The van der Waals surface area contributed by atoms with E-state index < -0.39 is 0 Å². The third kappa shape index (κ3) is 2.65. The maximum Gasteiger partial charge on any atom is 0 e. The fourth-order valence-corrected chi connectivity index (χ4v) is 0.482. The molecule has 0 bridgehead atoms. The van der Waals surface area contributed by atoms with Crippen molar-refractivity contribution in [3.8, 4) is 0 Å². The molecule has 1 aliphatic carbocycles. The van der Waals surface area contributed by atoms with Gasteiger partial charge in [0.05, 0.1) is 0 Å². The fraction of sp³-hybridized carbons (Fsp3) is 0.333. The Morgan fingerprint density at radius 3 is 2.43 bits per heavy atom. The van der Waals surface area contributed by atoms with Crippen LogP contribution in [0.1, 0.15) is 12.8 Å². The first-order valence-electron chi connectivity index (χ1n) is 2.22. The molecule has 0 fully saturated rings. The van der Waals surface area contributed by atoms with Crippen molar-refractivity contribution in [1.29, 1.82) is 0 Å². The second-order valence-electron chi connectivity index (χ2n) is 1.34. The third-order valence-corrected chi connectivity index (χ3v) is 0.806. The second-order valence-corrected chi connectivity index (χ2v) is 1.34. The molecule has 0 atom stereocenters. The summed E-state index contributed by atoms with van der Waals surface area (Å²) >= 11 is 0. The van der Waals surface area contributed by atoms with Gasteiger partial charge < -0.3 is 0 Å². The molecule has 0 aromatic carbocycles. The minimum Gasteiger partial charge on any atom is -0.275 e. The van der Waals surface area contributed by atoms with E-state index in [1.165, 1.54) is 6.42 Å². The molecule has 0 aromatic heterocycles. The Labute approximate surface area is 54.5 Å².